The molecule has 0 aliphatic carbocycles. The summed E-state index contributed by atoms with van der Waals surface area (Å²) in [7, 11) is 0. The Morgan fingerprint density at radius 1 is 0.969 bits per heavy atom. The number of amides is 1. The molecule has 4 rings (SSSR count). The lowest BCUT2D eigenvalue weighted by Crippen LogP contribution is -2.35. The summed E-state index contributed by atoms with van der Waals surface area (Å²) in [4.78, 5) is 32.8. The number of benzene rings is 3. The third-order valence-electron chi connectivity index (χ3n) is 5.36. The van der Waals surface area contributed by atoms with Crippen LogP contribution in [0.4, 0.5) is 10.1 Å². The second kappa shape index (κ2) is 9.01. The minimum Gasteiger partial charge on any atom is -0.372 e. The van der Waals surface area contributed by atoms with Gasteiger partial charge in [0.1, 0.15) is 5.82 Å². The second-order valence-electron chi connectivity index (χ2n) is 7.23. The average Bonchev–Trinajstić information content (AvgIpc) is 2.82. The zero-order valence-corrected chi connectivity index (χ0v) is 17.9. The Morgan fingerprint density at radius 2 is 1.62 bits per heavy atom. The smallest absolute Gasteiger partial charge is 0.280 e. The molecule has 4 aromatic rings. The number of nitrogens with one attached hydrogen (secondary N) is 1. The molecule has 7 heteroatoms. The maximum Gasteiger partial charge on any atom is 0.280 e. The number of nitrogens with zero attached hydrogens (tertiary/aromatic N) is 3. The molecule has 1 heterocycles. The molecule has 0 saturated heterocycles. The fourth-order valence-corrected chi connectivity index (χ4v) is 3.64. The number of halogens is 1. The molecule has 0 bridgehead atoms. The third-order valence-corrected chi connectivity index (χ3v) is 5.36. The van der Waals surface area contributed by atoms with Crippen molar-refractivity contribution in [3.8, 4) is 11.4 Å². The third kappa shape index (κ3) is 3.97. The number of anilines is 1. The van der Waals surface area contributed by atoms with Gasteiger partial charge in [-0.25, -0.2) is 9.37 Å². The van der Waals surface area contributed by atoms with Crippen molar-refractivity contribution in [3.05, 3.63) is 94.5 Å². The van der Waals surface area contributed by atoms with Crippen molar-refractivity contribution < 1.29 is 9.18 Å². The van der Waals surface area contributed by atoms with E-state index in [9.17, 15) is 14.0 Å². The Hall–Kier alpha value is -4.00. The summed E-state index contributed by atoms with van der Waals surface area (Å²) in [6.45, 7) is 5.83. The van der Waals surface area contributed by atoms with Gasteiger partial charge < -0.3 is 4.90 Å². The molecule has 0 unspecified atom stereocenters. The molecule has 3 aromatic carbocycles. The number of carbonyl (C=O) groups is 1. The predicted octanol–water partition coefficient (Wildman–Crippen LogP) is 4.43. The molecule has 0 aliphatic rings. The minimum absolute atomic E-state index is 0.0277. The molecule has 0 fully saturated rings. The molecular weight excluding hydrogens is 407 g/mol. The Kier molecular flexibility index (Phi) is 5.98. The van der Waals surface area contributed by atoms with Crippen molar-refractivity contribution in [2.75, 3.05) is 23.4 Å². The number of para-hydroxylation sites is 1. The highest BCUT2D eigenvalue weighted by molar-refractivity contribution is 6.00. The van der Waals surface area contributed by atoms with Crippen LogP contribution in [-0.2, 0) is 0 Å². The molecule has 1 amide bonds. The van der Waals surface area contributed by atoms with Crippen molar-refractivity contribution in [1.29, 1.82) is 0 Å². The zero-order valence-electron chi connectivity index (χ0n) is 17.9. The summed E-state index contributed by atoms with van der Waals surface area (Å²) < 4.78 is 15.6. The van der Waals surface area contributed by atoms with E-state index in [-0.39, 0.29) is 11.4 Å². The van der Waals surface area contributed by atoms with Gasteiger partial charge in [0, 0.05) is 24.3 Å². The zero-order chi connectivity index (χ0) is 22.7. The quantitative estimate of drug-likeness (QED) is 0.491. The fraction of sp³-hybridized carbons (Fsp3) is 0.160. The second-order valence-corrected chi connectivity index (χ2v) is 7.23. The maximum absolute atomic E-state index is 14.6. The van der Waals surface area contributed by atoms with Crippen molar-refractivity contribution >= 4 is 22.5 Å². The van der Waals surface area contributed by atoms with Crippen LogP contribution in [0.3, 0.4) is 0 Å². The molecule has 162 valence electrons. The highest BCUT2D eigenvalue weighted by Gasteiger charge is 2.18. The monoisotopic (exact) mass is 430 g/mol. The van der Waals surface area contributed by atoms with Gasteiger partial charge in [-0.15, -0.1) is 0 Å². The van der Waals surface area contributed by atoms with Crippen molar-refractivity contribution in [2.45, 2.75) is 13.8 Å². The van der Waals surface area contributed by atoms with Crippen molar-refractivity contribution in [3.63, 3.8) is 0 Å². The lowest BCUT2D eigenvalue weighted by Gasteiger charge is -2.21. The normalized spacial score (nSPS) is 10.8. The predicted molar refractivity (Wildman–Crippen MR) is 125 cm³/mol. The van der Waals surface area contributed by atoms with Gasteiger partial charge in [0.15, 0.2) is 5.82 Å². The Balaban J connectivity index is 1.78. The summed E-state index contributed by atoms with van der Waals surface area (Å²) in [5.74, 6) is -1.01. The van der Waals surface area contributed by atoms with Gasteiger partial charge in [0.25, 0.3) is 11.5 Å². The molecule has 0 atom stereocenters. The van der Waals surface area contributed by atoms with Crippen LogP contribution in [0.2, 0.25) is 0 Å². The van der Waals surface area contributed by atoms with Gasteiger partial charge in [-0.3, -0.25) is 15.0 Å². The Bertz CT molecular complexity index is 1330. The summed E-state index contributed by atoms with van der Waals surface area (Å²) >= 11 is 0. The fourth-order valence-electron chi connectivity index (χ4n) is 3.64. The van der Waals surface area contributed by atoms with Gasteiger partial charge in [-0.1, -0.05) is 24.3 Å². The van der Waals surface area contributed by atoms with Gasteiger partial charge >= 0.3 is 0 Å². The van der Waals surface area contributed by atoms with E-state index in [1.165, 1.54) is 12.1 Å². The number of aromatic nitrogens is 2. The average molecular weight is 430 g/mol. The summed E-state index contributed by atoms with van der Waals surface area (Å²) in [6, 6.07) is 19.9. The first kappa shape index (κ1) is 21.2. The molecule has 0 aliphatic heterocycles. The van der Waals surface area contributed by atoms with Gasteiger partial charge in [-0.05, 0) is 62.4 Å². The van der Waals surface area contributed by atoms with E-state index in [0.717, 1.165) is 23.5 Å². The molecule has 0 saturated carbocycles. The van der Waals surface area contributed by atoms with E-state index >= 15 is 0 Å². The highest BCUT2D eigenvalue weighted by Crippen LogP contribution is 2.22. The number of rotatable bonds is 6. The van der Waals surface area contributed by atoms with E-state index in [4.69, 9.17) is 0 Å². The van der Waals surface area contributed by atoms with Crippen LogP contribution in [0.1, 0.15) is 24.2 Å². The van der Waals surface area contributed by atoms with E-state index < -0.39 is 17.3 Å². The van der Waals surface area contributed by atoms with E-state index in [2.05, 4.69) is 29.2 Å². The minimum atomic E-state index is -0.541. The van der Waals surface area contributed by atoms with E-state index in [0.29, 0.717) is 16.5 Å². The van der Waals surface area contributed by atoms with E-state index in [1.807, 2.05) is 12.1 Å². The number of hydrogen-bond donors (Lipinski definition) is 1. The number of fused-ring (bicyclic) bond motifs is 1. The van der Waals surface area contributed by atoms with Crippen LogP contribution in [0.5, 0.6) is 0 Å². The largest absolute Gasteiger partial charge is 0.372 e. The SMILES string of the molecule is CCN(CC)c1ccc(C(=O)Nn2c(-c3ccccc3F)nc3ccccc3c2=O)cc1. The lowest BCUT2D eigenvalue weighted by molar-refractivity contribution is 0.101. The van der Waals surface area contributed by atoms with Gasteiger partial charge in [0.05, 0.1) is 16.5 Å². The topological polar surface area (TPSA) is 67.2 Å². The Morgan fingerprint density at radius 3 is 2.31 bits per heavy atom. The molecule has 1 aromatic heterocycles. The molecule has 6 nitrogen and oxygen atoms in total. The van der Waals surface area contributed by atoms with Gasteiger partial charge in [-0.2, -0.15) is 4.68 Å². The maximum atomic E-state index is 14.6. The summed E-state index contributed by atoms with van der Waals surface area (Å²) in [6.07, 6.45) is 0. The first-order chi connectivity index (χ1) is 15.5. The first-order valence-electron chi connectivity index (χ1n) is 10.5. The summed E-state index contributed by atoms with van der Waals surface area (Å²) in [5, 5.41) is 0.324. The van der Waals surface area contributed by atoms with Crippen LogP contribution < -0.4 is 15.9 Å². The molecule has 0 spiro atoms. The highest BCUT2D eigenvalue weighted by atomic mass is 19.1. The first-order valence-corrected chi connectivity index (χ1v) is 10.5. The number of hydrogen-bond acceptors (Lipinski definition) is 4. The van der Waals surface area contributed by atoms with Crippen molar-refractivity contribution in [1.82, 2.24) is 9.66 Å². The van der Waals surface area contributed by atoms with Crippen LogP contribution in [-0.4, -0.2) is 28.7 Å². The molecular formula is C25H23FN4O2. The molecule has 1 N–H and O–H groups in total. The van der Waals surface area contributed by atoms with Crippen molar-refractivity contribution in [2.24, 2.45) is 0 Å². The summed E-state index contributed by atoms with van der Waals surface area (Å²) in [5.41, 5.74) is 4.05. The molecule has 32 heavy (non-hydrogen) atoms. The number of carbonyl (C=O) groups excluding carboxylic acids is 1. The Labute approximate surface area is 184 Å². The van der Waals surface area contributed by atoms with Crippen LogP contribution >= 0.6 is 0 Å². The van der Waals surface area contributed by atoms with Gasteiger partial charge in [0.2, 0.25) is 0 Å². The lowest BCUT2D eigenvalue weighted by atomic mass is 10.1. The van der Waals surface area contributed by atoms with Crippen LogP contribution in [0.25, 0.3) is 22.3 Å². The van der Waals surface area contributed by atoms with Crippen LogP contribution in [0.15, 0.2) is 77.6 Å². The standard InChI is InChI=1S/C25H23FN4O2/c1-3-29(4-2)18-15-13-17(14-16-18)24(31)28-30-23(19-9-5-7-11-21(19)26)27-22-12-8-6-10-20(22)25(30)32/h5-16H,3-4H2,1-2H3,(H,28,31). The molecule has 0 radical (unpaired) electrons. The van der Waals surface area contributed by atoms with E-state index in [1.54, 1.807) is 48.5 Å². The van der Waals surface area contributed by atoms with Crippen LogP contribution in [0, 0.1) is 5.82 Å².